The van der Waals surface area contributed by atoms with Crippen molar-refractivity contribution in [3.63, 3.8) is 0 Å². The summed E-state index contributed by atoms with van der Waals surface area (Å²) in [7, 11) is 1.66. The summed E-state index contributed by atoms with van der Waals surface area (Å²) in [6.45, 7) is 3.64. The SMILES string of the molecule is C=C/C(C#Cc1c#cc(C(=O)O)cc1)=C\C=N/C. The van der Waals surface area contributed by atoms with E-state index in [9.17, 15) is 4.79 Å². The molecule has 3 heteroatoms. The Morgan fingerprint density at radius 2 is 2.28 bits per heavy atom. The van der Waals surface area contributed by atoms with E-state index in [2.05, 4.69) is 35.5 Å². The highest BCUT2D eigenvalue weighted by atomic mass is 16.4. The van der Waals surface area contributed by atoms with Gasteiger partial charge < -0.3 is 5.11 Å². The third-order valence-electron chi connectivity index (χ3n) is 1.94. The van der Waals surface area contributed by atoms with Gasteiger partial charge in [-0.1, -0.05) is 36.6 Å². The summed E-state index contributed by atoms with van der Waals surface area (Å²) in [5.41, 5.74) is 1.36. The molecule has 0 amide bonds. The quantitative estimate of drug-likeness (QED) is 0.497. The molecule has 0 saturated heterocycles. The first kappa shape index (κ1) is 13.3. The lowest BCUT2D eigenvalue weighted by Crippen LogP contribution is -1.93. The van der Waals surface area contributed by atoms with Gasteiger partial charge in [-0.05, 0) is 18.2 Å². The molecule has 18 heavy (non-hydrogen) atoms. The Morgan fingerprint density at radius 1 is 1.50 bits per heavy atom. The van der Waals surface area contributed by atoms with Crippen molar-refractivity contribution < 1.29 is 9.90 Å². The van der Waals surface area contributed by atoms with Crippen molar-refractivity contribution in [1.29, 1.82) is 0 Å². The van der Waals surface area contributed by atoms with Gasteiger partial charge in [-0.15, -0.1) is 0 Å². The second-order valence-electron chi connectivity index (χ2n) is 3.20. The van der Waals surface area contributed by atoms with Gasteiger partial charge in [0.05, 0.1) is 5.56 Å². The summed E-state index contributed by atoms with van der Waals surface area (Å²) in [5, 5.41) is 8.70. The zero-order valence-corrected chi connectivity index (χ0v) is 9.90. The molecule has 0 unspecified atom stereocenters. The van der Waals surface area contributed by atoms with Gasteiger partial charge in [0.25, 0.3) is 0 Å². The van der Waals surface area contributed by atoms with Crippen LogP contribution in [-0.2, 0) is 0 Å². The van der Waals surface area contributed by atoms with E-state index < -0.39 is 5.97 Å². The van der Waals surface area contributed by atoms with Gasteiger partial charge in [0.15, 0.2) is 0 Å². The number of carboxylic acid groups (broad SMARTS) is 1. The summed E-state index contributed by atoms with van der Waals surface area (Å²) in [4.78, 5) is 14.4. The van der Waals surface area contributed by atoms with Crippen LogP contribution in [0.4, 0.5) is 0 Å². The van der Waals surface area contributed by atoms with Crippen LogP contribution in [0.25, 0.3) is 0 Å². The molecular formula is C15H11NO2. The number of rotatable bonds is 3. The highest BCUT2D eigenvalue weighted by Gasteiger charge is 1.99. The summed E-state index contributed by atoms with van der Waals surface area (Å²) < 4.78 is 0. The Labute approximate surface area is 106 Å². The van der Waals surface area contributed by atoms with E-state index in [0.29, 0.717) is 5.56 Å². The molecule has 3 nitrogen and oxygen atoms in total. The van der Waals surface area contributed by atoms with Crippen LogP contribution in [0.5, 0.6) is 0 Å². The first-order chi connectivity index (χ1) is 8.67. The van der Waals surface area contributed by atoms with Gasteiger partial charge in [0, 0.05) is 18.8 Å². The van der Waals surface area contributed by atoms with Gasteiger partial charge in [-0.25, -0.2) is 4.79 Å². The Balaban J connectivity index is 2.91. The summed E-state index contributed by atoms with van der Waals surface area (Å²) in [6, 6.07) is 8.23. The zero-order valence-electron chi connectivity index (χ0n) is 9.90. The standard InChI is InChI=1S/C15H11NO2/c1-3-12(10-11-16-2)4-5-13-6-8-14(9-7-13)15(17)18/h3,6,8,10-11H,1H2,2H3,(H,17,18)/b12-10+,16-11-. The predicted molar refractivity (Wildman–Crippen MR) is 70.6 cm³/mol. The van der Waals surface area contributed by atoms with E-state index in [4.69, 9.17) is 5.11 Å². The molecule has 0 spiro atoms. The van der Waals surface area contributed by atoms with Gasteiger partial charge in [0.1, 0.15) is 5.56 Å². The number of aromatic carboxylic acids is 1. The Morgan fingerprint density at radius 3 is 2.78 bits per heavy atom. The first-order valence-electron chi connectivity index (χ1n) is 5.11. The van der Waals surface area contributed by atoms with Crippen molar-refractivity contribution in [3.05, 3.63) is 59.7 Å². The summed E-state index contributed by atoms with van der Waals surface area (Å²) in [6.07, 6.45) is 4.97. The maximum Gasteiger partial charge on any atom is 0.344 e. The molecule has 0 aromatic heterocycles. The average molecular weight is 237 g/mol. The fourth-order valence-electron chi connectivity index (χ4n) is 1.04. The van der Waals surface area contributed by atoms with Crippen molar-refractivity contribution >= 4 is 12.2 Å². The fraction of sp³-hybridized carbons (Fsp3) is 0.0667. The molecule has 1 rings (SSSR count). The van der Waals surface area contributed by atoms with Crippen LogP contribution in [0.3, 0.4) is 0 Å². The van der Waals surface area contributed by atoms with Crippen molar-refractivity contribution in [1.82, 2.24) is 0 Å². The van der Waals surface area contributed by atoms with Crippen molar-refractivity contribution in [2.45, 2.75) is 0 Å². The van der Waals surface area contributed by atoms with Gasteiger partial charge in [-0.3, -0.25) is 4.99 Å². The van der Waals surface area contributed by atoms with Crippen LogP contribution in [0.2, 0.25) is 0 Å². The molecule has 0 aliphatic heterocycles. The second-order valence-corrected chi connectivity index (χ2v) is 3.20. The number of carboxylic acids is 1. The largest absolute Gasteiger partial charge is 0.477 e. The molecule has 0 radical (unpaired) electrons. The van der Waals surface area contributed by atoms with Gasteiger partial charge in [0.2, 0.25) is 0 Å². The summed E-state index contributed by atoms with van der Waals surface area (Å²) >= 11 is 0. The Hall–Kier alpha value is -2.78. The van der Waals surface area contributed by atoms with Crippen LogP contribution in [0.1, 0.15) is 15.9 Å². The molecule has 0 atom stereocenters. The third kappa shape index (κ3) is 4.00. The van der Waals surface area contributed by atoms with Crippen LogP contribution in [0.15, 0.2) is 41.4 Å². The average Bonchev–Trinajstić information content (AvgIpc) is 2.39. The molecule has 0 aliphatic carbocycles. The van der Waals surface area contributed by atoms with Gasteiger partial charge >= 0.3 is 5.97 Å². The van der Waals surface area contributed by atoms with Crippen molar-refractivity contribution in [2.24, 2.45) is 4.99 Å². The maximum atomic E-state index is 10.6. The molecule has 1 N–H and O–H groups in total. The highest BCUT2D eigenvalue weighted by Crippen LogP contribution is 1.98. The third-order valence-corrected chi connectivity index (χ3v) is 1.94. The lowest BCUT2D eigenvalue weighted by Gasteiger charge is -1.88. The number of hydrogen-bond acceptors (Lipinski definition) is 2. The van der Waals surface area contributed by atoms with Crippen molar-refractivity contribution in [3.8, 4) is 11.8 Å². The van der Waals surface area contributed by atoms with E-state index in [0.717, 1.165) is 5.57 Å². The topological polar surface area (TPSA) is 49.7 Å². The fourth-order valence-corrected chi connectivity index (χ4v) is 1.04. The zero-order chi connectivity index (χ0) is 13.4. The number of aliphatic imine (C=N–C) groups is 1. The van der Waals surface area contributed by atoms with Gasteiger partial charge in [-0.2, -0.15) is 0 Å². The van der Waals surface area contributed by atoms with Crippen LogP contribution in [-0.4, -0.2) is 24.3 Å². The number of carbonyl (C=O) groups is 1. The Kier molecular flexibility index (Phi) is 4.97. The molecule has 0 fully saturated rings. The van der Waals surface area contributed by atoms with E-state index in [1.54, 1.807) is 31.5 Å². The monoisotopic (exact) mass is 237 g/mol. The first-order valence-corrected chi connectivity index (χ1v) is 5.11. The molecular weight excluding hydrogens is 226 g/mol. The number of nitrogens with zero attached hydrogens (tertiary/aromatic N) is 1. The smallest absolute Gasteiger partial charge is 0.344 e. The molecule has 1 aromatic rings. The van der Waals surface area contributed by atoms with Crippen LogP contribution < -0.4 is 0 Å². The molecule has 0 saturated carbocycles. The molecule has 0 aliphatic rings. The lowest BCUT2D eigenvalue weighted by atomic mass is 10.2. The van der Waals surface area contributed by atoms with Crippen LogP contribution in [0, 0.1) is 24.0 Å². The van der Waals surface area contributed by atoms with E-state index >= 15 is 0 Å². The minimum atomic E-state index is -1.03. The minimum Gasteiger partial charge on any atom is -0.477 e. The number of hydrogen-bond donors (Lipinski definition) is 1. The van der Waals surface area contributed by atoms with Crippen molar-refractivity contribution in [2.75, 3.05) is 7.05 Å². The maximum absolute atomic E-state index is 10.6. The van der Waals surface area contributed by atoms with E-state index in [1.807, 2.05) is 0 Å². The molecule has 0 heterocycles. The molecule has 88 valence electrons. The summed E-state index contributed by atoms with van der Waals surface area (Å²) in [5.74, 6) is 4.68. The predicted octanol–water partition coefficient (Wildman–Crippen LogP) is 2.15. The normalized spacial score (nSPS) is 10.4. The lowest BCUT2D eigenvalue weighted by molar-refractivity contribution is 0.0697. The minimum absolute atomic E-state index is 0.0677. The van der Waals surface area contributed by atoms with E-state index in [-0.39, 0.29) is 5.56 Å². The second kappa shape index (κ2) is 6.73. The molecule has 1 aromatic carbocycles. The van der Waals surface area contributed by atoms with E-state index in [1.165, 1.54) is 6.07 Å². The highest BCUT2D eigenvalue weighted by molar-refractivity contribution is 5.86. The number of allylic oxidation sites excluding steroid dienone is 3. The Bertz CT molecular complexity index is 554. The molecule has 0 bridgehead atoms. The van der Waals surface area contributed by atoms with Crippen LogP contribution >= 0.6 is 0 Å².